The molecule has 112 valence electrons. The molecule has 1 heterocycles. The Morgan fingerprint density at radius 2 is 1.68 bits per heavy atom. The summed E-state index contributed by atoms with van der Waals surface area (Å²) in [5, 5.41) is 4.09. The van der Waals surface area contributed by atoms with E-state index in [1.165, 1.54) is 6.33 Å². The number of rotatable bonds is 4. The van der Waals surface area contributed by atoms with Crippen LogP contribution in [0.1, 0.15) is 12.5 Å². The van der Waals surface area contributed by atoms with Crippen molar-refractivity contribution in [2.75, 3.05) is 0 Å². The van der Waals surface area contributed by atoms with Gasteiger partial charge >= 0.3 is 0 Å². The van der Waals surface area contributed by atoms with E-state index in [-0.39, 0.29) is 4.90 Å². The molecule has 2 aromatic carbocycles. The molecule has 6 heteroatoms. The molecule has 0 aliphatic carbocycles. The lowest BCUT2D eigenvalue weighted by molar-refractivity contribution is 0.580. The molecule has 0 aliphatic heterocycles. The molecule has 3 rings (SSSR count). The molecule has 0 aliphatic rings. The number of aryl methyl sites for hydroxylation is 1. The standard InChI is InChI=1S/C16H15N3O2S/c1-2-13-8-10-15(11-9-13)22(20,21)19-12-17-16(18-19)14-6-4-3-5-7-14/h3-12H,2H2,1H3. The van der Waals surface area contributed by atoms with E-state index in [1.54, 1.807) is 12.1 Å². The highest BCUT2D eigenvalue weighted by atomic mass is 32.2. The summed E-state index contributed by atoms with van der Waals surface area (Å²) in [6, 6.07) is 16.1. The molecule has 0 saturated heterocycles. The van der Waals surface area contributed by atoms with Crippen LogP contribution in [0.5, 0.6) is 0 Å². The largest absolute Gasteiger partial charge is 0.284 e. The highest BCUT2D eigenvalue weighted by Crippen LogP contribution is 2.17. The molecule has 0 N–H and O–H groups in total. The average molecular weight is 313 g/mol. The number of benzene rings is 2. The highest BCUT2D eigenvalue weighted by molar-refractivity contribution is 7.89. The van der Waals surface area contributed by atoms with Gasteiger partial charge in [-0.05, 0) is 24.1 Å². The Morgan fingerprint density at radius 3 is 2.32 bits per heavy atom. The van der Waals surface area contributed by atoms with Crippen LogP contribution in [-0.4, -0.2) is 22.6 Å². The number of hydrogen-bond acceptors (Lipinski definition) is 4. The first-order valence-electron chi connectivity index (χ1n) is 6.93. The van der Waals surface area contributed by atoms with E-state index < -0.39 is 10.0 Å². The van der Waals surface area contributed by atoms with Gasteiger partial charge < -0.3 is 0 Å². The minimum atomic E-state index is -3.71. The van der Waals surface area contributed by atoms with Gasteiger partial charge in [0, 0.05) is 5.56 Å². The number of hydrogen-bond donors (Lipinski definition) is 0. The summed E-state index contributed by atoms with van der Waals surface area (Å²) in [6.07, 6.45) is 2.09. The summed E-state index contributed by atoms with van der Waals surface area (Å²) in [5.41, 5.74) is 1.86. The molecule has 22 heavy (non-hydrogen) atoms. The van der Waals surface area contributed by atoms with Crippen molar-refractivity contribution in [1.82, 2.24) is 14.2 Å². The first-order valence-corrected chi connectivity index (χ1v) is 8.37. The molecule has 0 saturated carbocycles. The van der Waals surface area contributed by atoms with Gasteiger partial charge in [0.2, 0.25) is 0 Å². The maximum Gasteiger partial charge on any atom is 0.284 e. The quantitative estimate of drug-likeness (QED) is 0.743. The van der Waals surface area contributed by atoms with E-state index in [0.717, 1.165) is 21.6 Å². The van der Waals surface area contributed by atoms with Gasteiger partial charge in [-0.3, -0.25) is 0 Å². The molecule has 0 spiro atoms. The van der Waals surface area contributed by atoms with Crippen LogP contribution in [0.15, 0.2) is 65.8 Å². The Labute approximate surface area is 129 Å². The van der Waals surface area contributed by atoms with Crippen LogP contribution in [-0.2, 0) is 16.4 Å². The van der Waals surface area contributed by atoms with E-state index in [4.69, 9.17) is 0 Å². The maximum absolute atomic E-state index is 12.5. The smallest absolute Gasteiger partial charge is 0.214 e. The molecule has 0 radical (unpaired) electrons. The van der Waals surface area contributed by atoms with Gasteiger partial charge in [0.1, 0.15) is 6.33 Å². The van der Waals surface area contributed by atoms with Crippen molar-refractivity contribution in [3.63, 3.8) is 0 Å². The third-order valence-electron chi connectivity index (χ3n) is 3.38. The van der Waals surface area contributed by atoms with Crippen LogP contribution in [0.25, 0.3) is 11.4 Å². The summed E-state index contributed by atoms with van der Waals surface area (Å²) in [6.45, 7) is 2.02. The molecule has 0 amide bonds. The number of nitrogens with zero attached hydrogens (tertiary/aromatic N) is 3. The average Bonchev–Trinajstić information content (AvgIpc) is 3.06. The van der Waals surface area contributed by atoms with Crippen LogP contribution >= 0.6 is 0 Å². The molecule has 0 atom stereocenters. The van der Waals surface area contributed by atoms with Gasteiger partial charge in [-0.1, -0.05) is 49.4 Å². The zero-order valence-electron chi connectivity index (χ0n) is 12.0. The summed E-state index contributed by atoms with van der Waals surface area (Å²) < 4.78 is 26.0. The van der Waals surface area contributed by atoms with E-state index in [1.807, 2.05) is 49.4 Å². The fourth-order valence-corrected chi connectivity index (χ4v) is 3.14. The van der Waals surface area contributed by atoms with E-state index >= 15 is 0 Å². The van der Waals surface area contributed by atoms with Crippen molar-refractivity contribution in [2.45, 2.75) is 18.2 Å². The van der Waals surface area contributed by atoms with Gasteiger partial charge in [0.05, 0.1) is 4.90 Å². The van der Waals surface area contributed by atoms with Crippen LogP contribution < -0.4 is 0 Å². The predicted octanol–water partition coefficient (Wildman–Crippen LogP) is 2.74. The second-order valence-electron chi connectivity index (χ2n) is 4.81. The van der Waals surface area contributed by atoms with Gasteiger partial charge in [-0.25, -0.2) is 4.98 Å². The van der Waals surface area contributed by atoms with Crippen LogP contribution in [0.2, 0.25) is 0 Å². The molecular weight excluding hydrogens is 298 g/mol. The fourth-order valence-electron chi connectivity index (χ4n) is 2.09. The van der Waals surface area contributed by atoms with E-state index in [2.05, 4.69) is 10.1 Å². The summed E-state index contributed by atoms with van der Waals surface area (Å²) in [7, 11) is -3.71. The van der Waals surface area contributed by atoms with Crippen molar-refractivity contribution in [1.29, 1.82) is 0 Å². The lowest BCUT2D eigenvalue weighted by atomic mass is 10.2. The molecule has 1 aromatic heterocycles. The Hall–Kier alpha value is -2.47. The van der Waals surface area contributed by atoms with Gasteiger partial charge in [0.25, 0.3) is 10.0 Å². The van der Waals surface area contributed by atoms with Crippen molar-refractivity contribution >= 4 is 10.0 Å². The van der Waals surface area contributed by atoms with Crippen molar-refractivity contribution < 1.29 is 8.42 Å². The van der Waals surface area contributed by atoms with Gasteiger partial charge in [-0.2, -0.15) is 8.42 Å². The normalized spacial score (nSPS) is 11.5. The Kier molecular flexibility index (Phi) is 3.77. The monoisotopic (exact) mass is 313 g/mol. The van der Waals surface area contributed by atoms with Crippen molar-refractivity contribution in [3.05, 3.63) is 66.5 Å². The minimum absolute atomic E-state index is 0.203. The fraction of sp³-hybridized carbons (Fsp3) is 0.125. The van der Waals surface area contributed by atoms with Crippen molar-refractivity contribution in [3.8, 4) is 11.4 Å². The van der Waals surface area contributed by atoms with Crippen LogP contribution in [0.4, 0.5) is 0 Å². The van der Waals surface area contributed by atoms with Gasteiger partial charge in [0.15, 0.2) is 5.82 Å². The number of aromatic nitrogens is 3. The SMILES string of the molecule is CCc1ccc(S(=O)(=O)n2cnc(-c3ccccc3)n2)cc1. The van der Waals surface area contributed by atoms with Crippen LogP contribution in [0, 0.1) is 0 Å². The first-order chi connectivity index (χ1) is 10.6. The van der Waals surface area contributed by atoms with Gasteiger partial charge in [-0.15, -0.1) is 9.19 Å². The molecule has 0 bridgehead atoms. The third-order valence-corrected chi connectivity index (χ3v) is 4.92. The maximum atomic E-state index is 12.5. The molecular formula is C16H15N3O2S. The van der Waals surface area contributed by atoms with Crippen LogP contribution in [0.3, 0.4) is 0 Å². The highest BCUT2D eigenvalue weighted by Gasteiger charge is 2.19. The predicted molar refractivity (Wildman–Crippen MR) is 83.9 cm³/mol. The minimum Gasteiger partial charge on any atom is -0.214 e. The lowest BCUT2D eigenvalue weighted by Gasteiger charge is -2.04. The molecule has 0 fully saturated rings. The summed E-state index contributed by atoms with van der Waals surface area (Å²) in [4.78, 5) is 4.29. The second kappa shape index (κ2) is 5.73. The molecule has 0 unspecified atom stereocenters. The summed E-state index contributed by atoms with van der Waals surface area (Å²) >= 11 is 0. The first kappa shape index (κ1) is 14.5. The lowest BCUT2D eigenvalue weighted by Crippen LogP contribution is -2.13. The topological polar surface area (TPSA) is 64.8 Å². The zero-order chi connectivity index (χ0) is 15.6. The van der Waals surface area contributed by atoms with E-state index in [9.17, 15) is 8.42 Å². The Bertz CT molecular complexity index is 869. The van der Waals surface area contributed by atoms with Crippen molar-refractivity contribution in [2.24, 2.45) is 0 Å². The second-order valence-corrected chi connectivity index (χ2v) is 6.60. The Balaban J connectivity index is 1.97. The Morgan fingerprint density at radius 1 is 1.00 bits per heavy atom. The van der Waals surface area contributed by atoms with E-state index in [0.29, 0.717) is 5.82 Å². The molecule has 3 aromatic rings. The third kappa shape index (κ3) is 2.65. The molecule has 5 nitrogen and oxygen atoms in total. The zero-order valence-corrected chi connectivity index (χ0v) is 12.9. The summed E-state index contributed by atoms with van der Waals surface area (Å²) in [5.74, 6) is 0.384.